The first kappa shape index (κ1) is 18.4. The van der Waals surface area contributed by atoms with E-state index in [1.807, 2.05) is 0 Å². The van der Waals surface area contributed by atoms with Gasteiger partial charge in [0.25, 0.3) is 0 Å². The smallest absolute Gasteiger partial charge is 0.219 e. The minimum Gasteiger partial charge on any atom is -0.370 e. The van der Waals surface area contributed by atoms with Gasteiger partial charge in [-0.15, -0.1) is 0 Å². The van der Waals surface area contributed by atoms with Crippen LogP contribution in [0.1, 0.15) is 23.6 Å². The van der Waals surface area contributed by atoms with Gasteiger partial charge in [0.1, 0.15) is 11.0 Å². The minimum absolute atomic E-state index is 0.0149. The predicted molar refractivity (Wildman–Crippen MR) is 94.4 cm³/mol. The van der Waals surface area contributed by atoms with Gasteiger partial charge in [-0.2, -0.15) is 5.26 Å². The standard InChI is InChI=1S/C18H17N3O3S/c19-12-16(25(23,24)15-4-2-1-3-5-15)10-13-6-8-14(9-7-13)17(20)11-18(21)22/h1-10,17H,11,20H2,(H2,21,22)/b16-10+. The van der Waals surface area contributed by atoms with E-state index in [0.717, 1.165) is 0 Å². The van der Waals surface area contributed by atoms with Crippen molar-refractivity contribution >= 4 is 21.8 Å². The van der Waals surface area contributed by atoms with Gasteiger partial charge in [-0.1, -0.05) is 42.5 Å². The number of hydrogen-bond donors (Lipinski definition) is 2. The number of nitrogens with zero attached hydrogens (tertiary/aromatic N) is 1. The molecule has 6 nitrogen and oxygen atoms in total. The second-order valence-corrected chi connectivity index (χ2v) is 7.30. The minimum atomic E-state index is -3.88. The normalized spacial score (nSPS) is 13.0. The number of sulfone groups is 1. The summed E-state index contributed by atoms with van der Waals surface area (Å²) < 4.78 is 25.0. The van der Waals surface area contributed by atoms with Gasteiger partial charge in [-0.25, -0.2) is 8.42 Å². The second kappa shape index (κ2) is 7.75. The average molecular weight is 355 g/mol. The third-order valence-electron chi connectivity index (χ3n) is 3.54. The highest BCUT2D eigenvalue weighted by Crippen LogP contribution is 2.22. The monoisotopic (exact) mass is 355 g/mol. The summed E-state index contributed by atoms with van der Waals surface area (Å²) in [6, 6.07) is 15.6. The summed E-state index contributed by atoms with van der Waals surface area (Å²) in [4.78, 5) is 10.6. The van der Waals surface area contributed by atoms with Crippen molar-refractivity contribution in [2.24, 2.45) is 11.5 Å². The molecule has 7 heteroatoms. The SMILES string of the molecule is N#C/C(=C\c1ccc(C(N)CC(N)=O)cc1)S(=O)(=O)c1ccccc1. The molecule has 2 rings (SSSR count). The number of amides is 1. The molecule has 0 spiro atoms. The van der Waals surface area contributed by atoms with Crippen LogP contribution in [0.25, 0.3) is 6.08 Å². The Hall–Kier alpha value is -2.95. The molecule has 2 aromatic carbocycles. The molecule has 0 aliphatic rings. The maximum absolute atomic E-state index is 12.5. The van der Waals surface area contributed by atoms with Crippen LogP contribution >= 0.6 is 0 Å². The lowest BCUT2D eigenvalue weighted by Crippen LogP contribution is -2.20. The molecular weight excluding hydrogens is 338 g/mol. The highest BCUT2D eigenvalue weighted by atomic mass is 32.2. The molecule has 0 bridgehead atoms. The summed E-state index contributed by atoms with van der Waals surface area (Å²) in [7, 11) is -3.88. The van der Waals surface area contributed by atoms with Crippen molar-refractivity contribution in [3.8, 4) is 6.07 Å². The van der Waals surface area contributed by atoms with Crippen LogP contribution in [0.15, 0.2) is 64.4 Å². The zero-order valence-corrected chi connectivity index (χ0v) is 14.1. The molecule has 1 amide bonds. The molecule has 0 radical (unpaired) electrons. The van der Waals surface area contributed by atoms with Crippen LogP contribution < -0.4 is 11.5 Å². The van der Waals surface area contributed by atoms with Gasteiger partial charge in [-0.3, -0.25) is 4.79 Å². The van der Waals surface area contributed by atoms with Crippen molar-refractivity contribution in [2.75, 3.05) is 0 Å². The maximum atomic E-state index is 12.5. The highest BCUT2D eigenvalue weighted by molar-refractivity contribution is 7.95. The zero-order valence-electron chi connectivity index (χ0n) is 13.3. The Kier molecular flexibility index (Phi) is 5.70. The number of nitrogens with two attached hydrogens (primary N) is 2. The molecular formula is C18H17N3O3S. The lowest BCUT2D eigenvalue weighted by atomic mass is 10.0. The molecule has 0 heterocycles. The first-order valence-electron chi connectivity index (χ1n) is 7.40. The molecule has 0 aliphatic heterocycles. The number of carbonyl (C=O) groups excluding carboxylic acids is 1. The van der Waals surface area contributed by atoms with Crippen molar-refractivity contribution in [3.63, 3.8) is 0 Å². The fourth-order valence-electron chi connectivity index (χ4n) is 2.22. The van der Waals surface area contributed by atoms with Gasteiger partial charge in [-0.05, 0) is 29.3 Å². The van der Waals surface area contributed by atoms with E-state index in [-0.39, 0.29) is 16.2 Å². The van der Waals surface area contributed by atoms with Crippen LogP contribution in [-0.4, -0.2) is 14.3 Å². The van der Waals surface area contributed by atoms with E-state index in [4.69, 9.17) is 11.5 Å². The molecule has 2 aromatic rings. The van der Waals surface area contributed by atoms with Crippen LogP contribution in [0.4, 0.5) is 0 Å². The molecule has 128 valence electrons. The molecule has 0 saturated carbocycles. The van der Waals surface area contributed by atoms with Gasteiger partial charge < -0.3 is 11.5 Å². The van der Waals surface area contributed by atoms with Crippen molar-refractivity contribution in [3.05, 3.63) is 70.6 Å². The first-order valence-corrected chi connectivity index (χ1v) is 8.88. The molecule has 4 N–H and O–H groups in total. The predicted octanol–water partition coefficient (Wildman–Crippen LogP) is 1.90. The van der Waals surface area contributed by atoms with Gasteiger partial charge in [0, 0.05) is 12.5 Å². The van der Waals surface area contributed by atoms with E-state index < -0.39 is 21.8 Å². The van der Waals surface area contributed by atoms with E-state index in [1.165, 1.54) is 18.2 Å². The fourth-order valence-corrected chi connectivity index (χ4v) is 3.40. The van der Waals surface area contributed by atoms with E-state index in [0.29, 0.717) is 11.1 Å². The van der Waals surface area contributed by atoms with Gasteiger partial charge in [0.2, 0.25) is 15.7 Å². The molecule has 0 saturated heterocycles. The quantitative estimate of drug-likeness (QED) is 0.765. The van der Waals surface area contributed by atoms with Crippen molar-refractivity contribution < 1.29 is 13.2 Å². The Morgan fingerprint density at radius 3 is 2.24 bits per heavy atom. The van der Waals surface area contributed by atoms with E-state index in [9.17, 15) is 18.5 Å². The molecule has 0 aromatic heterocycles. The van der Waals surface area contributed by atoms with Crippen LogP contribution in [0.3, 0.4) is 0 Å². The fraction of sp³-hybridized carbons (Fsp3) is 0.111. The van der Waals surface area contributed by atoms with E-state index in [1.54, 1.807) is 48.5 Å². The number of hydrogen-bond acceptors (Lipinski definition) is 5. The van der Waals surface area contributed by atoms with Crippen molar-refractivity contribution in [1.29, 1.82) is 5.26 Å². The Morgan fingerprint density at radius 2 is 1.72 bits per heavy atom. The summed E-state index contributed by atoms with van der Waals surface area (Å²) in [6.07, 6.45) is 1.31. The van der Waals surface area contributed by atoms with Crippen LogP contribution in [0.2, 0.25) is 0 Å². The van der Waals surface area contributed by atoms with Crippen LogP contribution in [0, 0.1) is 11.3 Å². The van der Waals surface area contributed by atoms with Crippen LogP contribution in [0.5, 0.6) is 0 Å². The topological polar surface area (TPSA) is 127 Å². The first-order chi connectivity index (χ1) is 11.8. The summed E-state index contributed by atoms with van der Waals surface area (Å²) in [6.45, 7) is 0. The number of primary amides is 1. The van der Waals surface area contributed by atoms with Crippen molar-refractivity contribution in [1.82, 2.24) is 0 Å². The summed E-state index contributed by atoms with van der Waals surface area (Å²) in [5.74, 6) is -0.503. The molecule has 1 atom stereocenters. The zero-order chi connectivity index (χ0) is 18.4. The molecule has 25 heavy (non-hydrogen) atoms. The van der Waals surface area contributed by atoms with E-state index in [2.05, 4.69) is 0 Å². The molecule has 0 aliphatic carbocycles. The summed E-state index contributed by atoms with van der Waals surface area (Å²) >= 11 is 0. The lowest BCUT2D eigenvalue weighted by Gasteiger charge is -2.10. The second-order valence-electron chi connectivity index (χ2n) is 5.38. The number of allylic oxidation sites excluding steroid dienone is 1. The molecule has 1 unspecified atom stereocenters. The Bertz CT molecular complexity index is 928. The lowest BCUT2D eigenvalue weighted by molar-refractivity contribution is -0.118. The van der Waals surface area contributed by atoms with Crippen molar-refractivity contribution in [2.45, 2.75) is 17.4 Å². The average Bonchev–Trinajstić information content (AvgIpc) is 2.60. The Morgan fingerprint density at radius 1 is 1.12 bits per heavy atom. The number of rotatable bonds is 6. The third-order valence-corrected chi connectivity index (χ3v) is 5.22. The highest BCUT2D eigenvalue weighted by Gasteiger charge is 2.20. The summed E-state index contributed by atoms with van der Waals surface area (Å²) in [5.41, 5.74) is 12.2. The van der Waals surface area contributed by atoms with Gasteiger partial charge in [0.05, 0.1) is 4.90 Å². The van der Waals surface area contributed by atoms with E-state index >= 15 is 0 Å². The number of carbonyl (C=O) groups is 1. The maximum Gasteiger partial charge on any atom is 0.219 e. The number of nitriles is 1. The largest absolute Gasteiger partial charge is 0.370 e. The molecule has 0 fully saturated rings. The van der Waals surface area contributed by atoms with Gasteiger partial charge in [0.15, 0.2) is 0 Å². The third kappa shape index (κ3) is 4.53. The summed E-state index contributed by atoms with van der Waals surface area (Å²) in [5, 5.41) is 9.26. The number of benzene rings is 2. The van der Waals surface area contributed by atoms with Gasteiger partial charge >= 0.3 is 0 Å². The Balaban J connectivity index is 2.32. The Labute approximate surface area is 146 Å². The van der Waals surface area contributed by atoms with Crippen LogP contribution in [-0.2, 0) is 14.6 Å².